The maximum atomic E-state index is 14.4. The summed E-state index contributed by atoms with van der Waals surface area (Å²) >= 11 is 0. The molecule has 1 aliphatic rings. The van der Waals surface area contributed by atoms with Crippen molar-refractivity contribution in [1.29, 1.82) is 0 Å². The fraction of sp³-hybridized carbons (Fsp3) is 0.148. The molecule has 1 atom stereocenters. The van der Waals surface area contributed by atoms with Gasteiger partial charge in [-0.25, -0.2) is 13.6 Å². The van der Waals surface area contributed by atoms with E-state index in [0.29, 0.717) is 22.4 Å². The topological polar surface area (TPSA) is 71.3 Å². The number of hydrogen-bond acceptors (Lipinski definition) is 4. The Bertz CT molecular complexity index is 1430. The van der Waals surface area contributed by atoms with E-state index in [-0.39, 0.29) is 24.3 Å². The Morgan fingerprint density at radius 2 is 1.77 bits per heavy atom. The van der Waals surface area contributed by atoms with Gasteiger partial charge in [0.25, 0.3) is 5.89 Å². The zero-order valence-corrected chi connectivity index (χ0v) is 19.1. The molecule has 35 heavy (non-hydrogen) atoms. The van der Waals surface area contributed by atoms with E-state index >= 15 is 0 Å². The van der Waals surface area contributed by atoms with Crippen LogP contribution in [-0.2, 0) is 6.54 Å². The maximum Gasteiger partial charge on any atom is 0.322 e. The van der Waals surface area contributed by atoms with Gasteiger partial charge in [-0.2, -0.15) is 4.98 Å². The van der Waals surface area contributed by atoms with Gasteiger partial charge in [0.15, 0.2) is 0 Å². The lowest BCUT2D eigenvalue weighted by Gasteiger charge is -2.35. The van der Waals surface area contributed by atoms with Crippen molar-refractivity contribution < 1.29 is 18.1 Å². The van der Waals surface area contributed by atoms with Crippen molar-refractivity contribution in [2.75, 3.05) is 0 Å². The van der Waals surface area contributed by atoms with Crippen molar-refractivity contribution in [2.45, 2.75) is 26.4 Å². The van der Waals surface area contributed by atoms with E-state index in [9.17, 15) is 13.6 Å². The predicted molar refractivity (Wildman–Crippen MR) is 127 cm³/mol. The normalized spacial score (nSPS) is 15.9. The first-order chi connectivity index (χ1) is 16.9. The number of aromatic nitrogens is 2. The summed E-state index contributed by atoms with van der Waals surface area (Å²) in [5, 5.41) is 7.04. The van der Waals surface area contributed by atoms with Crippen molar-refractivity contribution >= 4 is 11.6 Å². The van der Waals surface area contributed by atoms with Crippen LogP contribution in [0, 0.1) is 18.6 Å². The Morgan fingerprint density at radius 1 is 1.00 bits per heavy atom. The van der Waals surface area contributed by atoms with Crippen molar-refractivity contribution in [2.24, 2.45) is 0 Å². The summed E-state index contributed by atoms with van der Waals surface area (Å²) in [6.45, 7) is 3.77. The average molecular weight is 472 g/mol. The minimum atomic E-state index is -0.569. The van der Waals surface area contributed by atoms with Crippen LogP contribution in [-0.4, -0.2) is 21.1 Å². The smallest absolute Gasteiger partial charge is 0.322 e. The largest absolute Gasteiger partial charge is 0.334 e. The molecule has 1 aliphatic heterocycles. The second-order valence-electron chi connectivity index (χ2n) is 8.40. The van der Waals surface area contributed by atoms with Crippen LogP contribution >= 0.6 is 0 Å². The fourth-order valence-corrected chi connectivity index (χ4v) is 4.13. The molecule has 0 saturated heterocycles. The Kier molecular flexibility index (Phi) is 5.86. The highest BCUT2D eigenvalue weighted by atomic mass is 19.1. The lowest BCUT2D eigenvalue weighted by molar-refractivity contribution is 0.202. The lowest BCUT2D eigenvalue weighted by Crippen LogP contribution is -2.45. The second kappa shape index (κ2) is 9.13. The molecule has 176 valence electrons. The van der Waals surface area contributed by atoms with Crippen molar-refractivity contribution in [1.82, 2.24) is 20.4 Å². The summed E-state index contributed by atoms with van der Waals surface area (Å²) in [5.41, 5.74) is 3.88. The van der Waals surface area contributed by atoms with Crippen LogP contribution in [0.15, 0.2) is 83.0 Å². The number of hydrogen-bond donors (Lipinski definition) is 1. The maximum absolute atomic E-state index is 14.4. The standard InChI is InChI=1S/C27H22F2N4O2/c1-16-10-12-18(13-11-16)24-23(26-31-25(32-35-26)19-7-5-8-21(28)14-19)17(2)33(27(34)30-24)15-20-6-3-4-9-22(20)29/h3-14,24H,15H2,1-2H3,(H,30,34). The van der Waals surface area contributed by atoms with Crippen LogP contribution < -0.4 is 5.32 Å². The van der Waals surface area contributed by atoms with E-state index in [1.54, 1.807) is 37.3 Å². The third-order valence-electron chi connectivity index (χ3n) is 6.03. The van der Waals surface area contributed by atoms with Crippen LogP contribution in [0.4, 0.5) is 13.6 Å². The first-order valence-electron chi connectivity index (χ1n) is 11.1. The van der Waals surface area contributed by atoms with Crippen LogP contribution in [0.25, 0.3) is 17.0 Å². The number of allylic oxidation sites excluding steroid dienone is 1. The van der Waals surface area contributed by atoms with Gasteiger partial charge >= 0.3 is 6.03 Å². The van der Waals surface area contributed by atoms with Crippen molar-refractivity contribution in [3.05, 3.63) is 113 Å². The molecule has 2 heterocycles. The van der Waals surface area contributed by atoms with E-state index in [2.05, 4.69) is 15.5 Å². The number of carbonyl (C=O) groups excluding carboxylic acids is 1. The molecule has 8 heteroatoms. The van der Waals surface area contributed by atoms with Gasteiger partial charge in [0.05, 0.1) is 18.2 Å². The first kappa shape index (κ1) is 22.5. The summed E-state index contributed by atoms with van der Waals surface area (Å²) in [6, 6.07) is 19.0. The number of aryl methyl sites for hydroxylation is 1. The molecule has 6 nitrogen and oxygen atoms in total. The molecule has 0 bridgehead atoms. The van der Waals surface area contributed by atoms with E-state index in [1.807, 2.05) is 31.2 Å². The highest BCUT2D eigenvalue weighted by Gasteiger charge is 2.36. The fourth-order valence-electron chi connectivity index (χ4n) is 4.13. The van der Waals surface area contributed by atoms with Crippen molar-refractivity contribution in [3.63, 3.8) is 0 Å². The van der Waals surface area contributed by atoms with E-state index < -0.39 is 17.7 Å². The molecule has 1 unspecified atom stereocenters. The molecule has 2 amide bonds. The summed E-state index contributed by atoms with van der Waals surface area (Å²) in [5.74, 6) is -0.407. The molecular formula is C27H22F2N4O2. The van der Waals surface area contributed by atoms with Crippen molar-refractivity contribution in [3.8, 4) is 11.4 Å². The number of carbonyl (C=O) groups is 1. The molecule has 0 fully saturated rings. The van der Waals surface area contributed by atoms with Gasteiger partial charge in [0, 0.05) is 16.8 Å². The monoisotopic (exact) mass is 472 g/mol. The summed E-state index contributed by atoms with van der Waals surface area (Å²) < 4.78 is 33.7. The lowest BCUT2D eigenvalue weighted by atomic mass is 9.94. The molecular weight excluding hydrogens is 450 g/mol. The third kappa shape index (κ3) is 4.42. The highest BCUT2D eigenvalue weighted by Crippen LogP contribution is 2.38. The van der Waals surface area contributed by atoms with Crippen LogP contribution in [0.3, 0.4) is 0 Å². The van der Waals surface area contributed by atoms with Gasteiger partial charge in [-0.05, 0) is 37.6 Å². The molecule has 0 spiro atoms. The quantitative estimate of drug-likeness (QED) is 0.386. The molecule has 1 aromatic heterocycles. The number of urea groups is 1. The molecule has 0 radical (unpaired) electrons. The molecule has 0 saturated carbocycles. The molecule has 5 rings (SSSR count). The van der Waals surface area contributed by atoms with Gasteiger partial charge in [-0.1, -0.05) is 65.3 Å². The Balaban J connectivity index is 1.61. The average Bonchev–Trinajstić information content (AvgIpc) is 3.33. The molecule has 0 aliphatic carbocycles. The van der Waals surface area contributed by atoms with Gasteiger partial charge < -0.3 is 9.84 Å². The summed E-state index contributed by atoms with van der Waals surface area (Å²) in [7, 11) is 0. The predicted octanol–water partition coefficient (Wildman–Crippen LogP) is 6.02. The Hall–Kier alpha value is -4.33. The number of amides is 2. The van der Waals surface area contributed by atoms with Crippen LogP contribution in [0.2, 0.25) is 0 Å². The zero-order valence-electron chi connectivity index (χ0n) is 19.1. The van der Waals surface area contributed by atoms with E-state index in [0.717, 1.165) is 11.1 Å². The van der Waals surface area contributed by atoms with E-state index in [4.69, 9.17) is 4.52 Å². The van der Waals surface area contributed by atoms with E-state index in [1.165, 1.54) is 23.1 Å². The highest BCUT2D eigenvalue weighted by molar-refractivity contribution is 5.86. The Morgan fingerprint density at radius 3 is 2.51 bits per heavy atom. The van der Waals surface area contributed by atoms with Gasteiger partial charge in [0.1, 0.15) is 11.6 Å². The minimum Gasteiger partial charge on any atom is -0.334 e. The molecule has 4 aromatic rings. The Labute approximate surface area is 200 Å². The number of benzene rings is 3. The second-order valence-corrected chi connectivity index (χ2v) is 8.40. The van der Waals surface area contributed by atoms with Gasteiger partial charge in [-0.3, -0.25) is 4.90 Å². The number of rotatable bonds is 5. The van der Waals surface area contributed by atoms with Crippen LogP contribution in [0.1, 0.15) is 35.5 Å². The minimum absolute atomic E-state index is 0.0271. The third-order valence-corrected chi connectivity index (χ3v) is 6.03. The first-order valence-corrected chi connectivity index (χ1v) is 11.1. The summed E-state index contributed by atoms with van der Waals surface area (Å²) in [6.07, 6.45) is 0. The zero-order chi connectivity index (χ0) is 24.5. The van der Waals surface area contributed by atoms with Gasteiger partial charge in [-0.15, -0.1) is 0 Å². The number of halogens is 2. The van der Waals surface area contributed by atoms with Gasteiger partial charge in [0.2, 0.25) is 5.82 Å². The summed E-state index contributed by atoms with van der Waals surface area (Å²) in [4.78, 5) is 19.1. The number of nitrogens with zero attached hydrogens (tertiary/aromatic N) is 3. The molecule has 3 aromatic carbocycles. The molecule has 1 N–H and O–H groups in total. The SMILES string of the molecule is CC1=C(c2nc(-c3cccc(F)c3)no2)C(c2ccc(C)cc2)NC(=O)N1Cc1ccccc1F. The van der Waals surface area contributed by atoms with Crippen LogP contribution in [0.5, 0.6) is 0 Å². The number of nitrogens with one attached hydrogen (secondary N) is 1.